The van der Waals surface area contributed by atoms with Gasteiger partial charge in [-0.3, -0.25) is 4.79 Å². The third kappa shape index (κ3) is 3.82. The summed E-state index contributed by atoms with van der Waals surface area (Å²) in [6.45, 7) is 1.99. The van der Waals surface area contributed by atoms with Gasteiger partial charge in [-0.15, -0.1) is 0 Å². The molecule has 2 aromatic rings. The molecule has 0 aromatic heterocycles. The zero-order valence-corrected chi connectivity index (χ0v) is 13.4. The first kappa shape index (κ1) is 15.5. The topological polar surface area (TPSA) is 41.1 Å². The van der Waals surface area contributed by atoms with Gasteiger partial charge in [-0.25, -0.2) is 4.39 Å². The van der Waals surface area contributed by atoms with Gasteiger partial charge in [0.1, 0.15) is 5.82 Å². The summed E-state index contributed by atoms with van der Waals surface area (Å²) in [6.07, 6.45) is 0. The Balaban J connectivity index is 2.12. The zero-order chi connectivity index (χ0) is 15.4. The van der Waals surface area contributed by atoms with Crippen molar-refractivity contribution in [3.8, 4) is 0 Å². The summed E-state index contributed by atoms with van der Waals surface area (Å²) in [6, 6.07) is 11.8. The number of nitrogens with one attached hydrogen (secondary N) is 2. The fraction of sp³-hybridized carbons (Fsp3) is 0.188. The molecule has 1 atom stereocenters. The van der Waals surface area contributed by atoms with Crippen LogP contribution in [0.1, 0.15) is 28.9 Å². The van der Waals surface area contributed by atoms with E-state index in [2.05, 4.69) is 26.6 Å². The second kappa shape index (κ2) is 6.72. The quantitative estimate of drug-likeness (QED) is 0.870. The molecule has 5 heteroatoms. The molecule has 0 fully saturated rings. The SMILES string of the molecule is CNC(=O)c1ccc(NC(C)c2ccc(F)cc2Br)cc1. The first-order chi connectivity index (χ1) is 10.0. The van der Waals surface area contributed by atoms with Crippen molar-refractivity contribution in [2.24, 2.45) is 0 Å². The summed E-state index contributed by atoms with van der Waals surface area (Å²) in [5, 5.41) is 5.90. The maximum atomic E-state index is 13.1. The van der Waals surface area contributed by atoms with Crippen LogP contribution in [-0.2, 0) is 0 Å². The van der Waals surface area contributed by atoms with E-state index in [1.807, 2.05) is 19.1 Å². The van der Waals surface area contributed by atoms with E-state index in [9.17, 15) is 9.18 Å². The van der Waals surface area contributed by atoms with Gasteiger partial charge in [-0.2, -0.15) is 0 Å². The maximum Gasteiger partial charge on any atom is 0.251 e. The van der Waals surface area contributed by atoms with Crippen LogP contribution in [0.3, 0.4) is 0 Å². The fourth-order valence-corrected chi connectivity index (χ4v) is 2.74. The molecule has 2 aromatic carbocycles. The minimum absolute atomic E-state index is 0.00540. The molecule has 0 aliphatic rings. The zero-order valence-electron chi connectivity index (χ0n) is 11.8. The first-order valence-corrected chi connectivity index (χ1v) is 7.34. The van der Waals surface area contributed by atoms with Gasteiger partial charge in [0.15, 0.2) is 0 Å². The number of hydrogen-bond donors (Lipinski definition) is 2. The molecule has 0 saturated heterocycles. The Hall–Kier alpha value is -1.88. The number of amides is 1. The van der Waals surface area contributed by atoms with Gasteiger partial charge in [0.2, 0.25) is 0 Å². The lowest BCUT2D eigenvalue weighted by Gasteiger charge is -2.17. The molecule has 0 heterocycles. The predicted octanol–water partition coefficient (Wildman–Crippen LogP) is 4.12. The van der Waals surface area contributed by atoms with E-state index in [0.29, 0.717) is 5.56 Å². The number of carbonyl (C=O) groups excluding carboxylic acids is 1. The number of benzene rings is 2. The summed E-state index contributed by atoms with van der Waals surface area (Å²) < 4.78 is 13.8. The highest BCUT2D eigenvalue weighted by atomic mass is 79.9. The molecular formula is C16H16BrFN2O. The average molecular weight is 351 g/mol. The van der Waals surface area contributed by atoms with Crippen LogP contribution in [0.5, 0.6) is 0 Å². The number of rotatable bonds is 4. The Kier molecular flexibility index (Phi) is 4.96. The summed E-state index contributed by atoms with van der Waals surface area (Å²) in [5.41, 5.74) is 2.47. The minimum atomic E-state index is -0.271. The van der Waals surface area contributed by atoms with Gasteiger partial charge < -0.3 is 10.6 Å². The second-order valence-electron chi connectivity index (χ2n) is 4.69. The Bertz CT molecular complexity index is 643. The molecule has 1 amide bonds. The predicted molar refractivity (Wildman–Crippen MR) is 86.0 cm³/mol. The average Bonchev–Trinajstić information content (AvgIpc) is 2.47. The van der Waals surface area contributed by atoms with E-state index in [-0.39, 0.29) is 17.8 Å². The second-order valence-corrected chi connectivity index (χ2v) is 5.54. The number of halogens is 2. The molecular weight excluding hydrogens is 335 g/mol. The molecule has 2 rings (SSSR count). The molecule has 1 unspecified atom stereocenters. The van der Waals surface area contributed by atoms with Crippen molar-refractivity contribution >= 4 is 27.5 Å². The van der Waals surface area contributed by atoms with Gasteiger partial charge in [-0.1, -0.05) is 22.0 Å². The molecule has 0 aliphatic heterocycles. The summed E-state index contributed by atoms with van der Waals surface area (Å²) in [5.74, 6) is -0.386. The molecule has 3 nitrogen and oxygen atoms in total. The molecule has 0 spiro atoms. The molecule has 21 heavy (non-hydrogen) atoms. The molecule has 0 radical (unpaired) electrons. The van der Waals surface area contributed by atoms with E-state index < -0.39 is 0 Å². The van der Waals surface area contributed by atoms with Gasteiger partial charge >= 0.3 is 0 Å². The monoisotopic (exact) mass is 350 g/mol. The third-order valence-electron chi connectivity index (χ3n) is 3.19. The van der Waals surface area contributed by atoms with E-state index in [1.54, 1.807) is 25.2 Å². The Morgan fingerprint density at radius 3 is 2.43 bits per heavy atom. The van der Waals surface area contributed by atoms with Crippen molar-refractivity contribution in [3.05, 3.63) is 63.9 Å². The van der Waals surface area contributed by atoms with Crippen LogP contribution in [0.25, 0.3) is 0 Å². The van der Waals surface area contributed by atoms with Gasteiger partial charge in [-0.05, 0) is 48.9 Å². The van der Waals surface area contributed by atoms with Crippen LogP contribution >= 0.6 is 15.9 Å². The molecule has 0 bridgehead atoms. The first-order valence-electron chi connectivity index (χ1n) is 6.55. The minimum Gasteiger partial charge on any atom is -0.378 e. The molecule has 0 aliphatic carbocycles. The maximum absolute atomic E-state index is 13.1. The Morgan fingerprint density at radius 2 is 1.86 bits per heavy atom. The van der Waals surface area contributed by atoms with Crippen molar-refractivity contribution in [1.29, 1.82) is 0 Å². The standard InChI is InChI=1S/C16H16BrFN2O/c1-10(14-8-5-12(18)9-15(14)17)20-13-6-3-11(4-7-13)16(21)19-2/h3-10,20H,1-2H3,(H,19,21). The van der Waals surface area contributed by atoms with Crippen LogP contribution < -0.4 is 10.6 Å². The summed E-state index contributed by atoms with van der Waals surface area (Å²) >= 11 is 3.37. The van der Waals surface area contributed by atoms with Gasteiger partial charge in [0, 0.05) is 28.8 Å². The molecule has 0 saturated carbocycles. The lowest BCUT2D eigenvalue weighted by molar-refractivity contribution is 0.0963. The van der Waals surface area contributed by atoms with Crippen molar-refractivity contribution in [1.82, 2.24) is 5.32 Å². The molecule has 2 N–H and O–H groups in total. The van der Waals surface area contributed by atoms with E-state index in [4.69, 9.17) is 0 Å². The number of anilines is 1. The highest BCUT2D eigenvalue weighted by molar-refractivity contribution is 9.10. The normalized spacial score (nSPS) is 11.8. The van der Waals surface area contributed by atoms with E-state index in [1.165, 1.54) is 12.1 Å². The molecule has 110 valence electrons. The summed E-state index contributed by atoms with van der Waals surface area (Å²) in [7, 11) is 1.60. The lowest BCUT2D eigenvalue weighted by atomic mass is 10.1. The van der Waals surface area contributed by atoms with Crippen LogP contribution in [0.4, 0.5) is 10.1 Å². The number of hydrogen-bond acceptors (Lipinski definition) is 2. The van der Waals surface area contributed by atoms with Gasteiger partial charge in [0.25, 0.3) is 5.91 Å². The third-order valence-corrected chi connectivity index (χ3v) is 3.87. The van der Waals surface area contributed by atoms with Crippen LogP contribution in [0.15, 0.2) is 46.9 Å². The van der Waals surface area contributed by atoms with E-state index in [0.717, 1.165) is 15.7 Å². The van der Waals surface area contributed by atoms with Crippen LogP contribution in [-0.4, -0.2) is 13.0 Å². The number of carbonyl (C=O) groups is 1. The largest absolute Gasteiger partial charge is 0.378 e. The smallest absolute Gasteiger partial charge is 0.251 e. The van der Waals surface area contributed by atoms with E-state index >= 15 is 0 Å². The Morgan fingerprint density at radius 1 is 1.19 bits per heavy atom. The van der Waals surface area contributed by atoms with Crippen LogP contribution in [0.2, 0.25) is 0 Å². The fourth-order valence-electron chi connectivity index (χ4n) is 2.04. The van der Waals surface area contributed by atoms with Crippen molar-refractivity contribution in [2.45, 2.75) is 13.0 Å². The highest BCUT2D eigenvalue weighted by Gasteiger charge is 2.10. The van der Waals surface area contributed by atoms with Crippen molar-refractivity contribution in [2.75, 3.05) is 12.4 Å². The lowest BCUT2D eigenvalue weighted by Crippen LogP contribution is -2.17. The van der Waals surface area contributed by atoms with Crippen LogP contribution in [0, 0.1) is 5.82 Å². The Labute approximate surface area is 131 Å². The van der Waals surface area contributed by atoms with Gasteiger partial charge in [0.05, 0.1) is 0 Å². The van der Waals surface area contributed by atoms with Crippen molar-refractivity contribution < 1.29 is 9.18 Å². The summed E-state index contributed by atoms with van der Waals surface area (Å²) in [4.78, 5) is 11.5. The van der Waals surface area contributed by atoms with Crippen molar-refractivity contribution in [3.63, 3.8) is 0 Å². The highest BCUT2D eigenvalue weighted by Crippen LogP contribution is 2.27.